The predicted molar refractivity (Wildman–Crippen MR) is 85.1 cm³/mol. The second-order valence-electron chi connectivity index (χ2n) is 6.48. The molecule has 0 N–H and O–H groups in total. The summed E-state index contributed by atoms with van der Waals surface area (Å²) in [5, 5.41) is 0. The van der Waals surface area contributed by atoms with Crippen molar-refractivity contribution in [2.45, 2.75) is 44.1 Å². The number of nitrogens with zero attached hydrogens (tertiary/aromatic N) is 1. The Balaban J connectivity index is 1.41. The van der Waals surface area contributed by atoms with E-state index in [4.69, 9.17) is 9.47 Å². The van der Waals surface area contributed by atoms with Crippen molar-refractivity contribution in [1.29, 1.82) is 0 Å². The van der Waals surface area contributed by atoms with E-state index in [-0.39, 0.29) is 18.7 Å². The second-order valence-corrected chi connectivity index (χ2v) is 6.48. The maximum atomic E-state index is 11.8. The summed E-state index contributed by atoms with van der Waals surface area (Å²) < 4.78 is 11.0. The quantitative estimate of drug-likeness (QED) is 0.619. The van der Waals surface area contributed by atoms with Crippen LogP contribution in [0, 0.1) is 0 Å². The average molecular weight is 303 g/mol. The Labute approximate surface area is 132 Å². The number of likely N-dealkylation sites (tertiary alicyclic amines) is 1. The highest BCUT2D eigenvalue weighted by Gasteiger charge is 2.20. The molecule has 2 aliphatic rings. The topological polar surface area (TPSA) is 38.8 Å². The van der Waals surface area contributed by atoms with Crippen LogP contribution in [0.4, 0.5) is 0 Å². The smallest absolute Gasteiger partial charge is 0.337 e. The Kier molecular flexibility index (Phi) is 5.11. The zero-order valence-electron chi connectivity index (χ0n) is 13.3. The van der Waals surface area contributed by atoms with E-state index in [1.165, 1.54) is 24.8 Å². The van der Waals surface area contributed by atoms with Crippen LogP contribution >= 0.6 is 0 Å². The third kappa shape index (κ3) is 4.08. The largest absolute Gasteiger partial charge is 0.425 e. The third-order valence-corrected chi connectivity index (χ3v) is 4.79. The van der Waals surface area contributed by atoms with Crippen molar-refractivity contribution < 1.29 is 14.3 Å². The average Bonchev–Trinajstić information content (AvgIpc) is 2.47. The molecule has 0 amide bonds. The molecular weight excluding hydrogens is 278 g/mol. The Hall–Kier alpha value is -1.39. The van der Waals surface area contributed by atoms with Crippen LogP contribution in [-0.4, -0.2) is 43.7 Å². The summed E-state index contributed by atoms with van der Waals surface area (Å²) in [5.41, 5.74) is 1.36. The van der Waals surface area contributed by atoms with Crippen molar-refractivity contribution in [3.63, 3.8) is 0 Å². The van der Waals surface area contributed by atoms with E-state index in [0.717, 1.165) is 25.9 Å². The van der Waals surface area contributed by atoms with Gasteiger partial charge in [-0.2, -0.15) is 0 Å². The molecule has 2 fully saturated rings. The summed E-state index contributed by atoms with van der Waals surface area (Å²) in [5.74, 6) is 1.01. The van der Waals surface area contributed by atoms with Gasteiger partial charge in [0.05, 0.1) is 6.10 Å². The molecular formula is C18H25NO3. The highest BCUT2D eigenvalue weighted by Crippen LogP contribution is 2.36. The van der Waals surface area contributed by atoms with E-state index in [0.29, 0.717) is 11.7 Å². The van der Waals surface area contributed by atoms with E-state index in [2.05, 4.69) is 24.1 Å². The minimum absolute atomic E-state index is 0.0404. The lowest BCUT2D eigenvalue weighted by atomic mass is 9.80. The third-order valence-electron chi connectivity index (χ3n) is 4.79. The molecule has 120 valence electrons. The normalized spacial score (nSPS) is 20.6. The van der Waals surface area contributed by atoms with Gasteiger partial charge < -0.3 is 14.4 Å². The first kappa shape index (κ1) is 15.5. The molecule has 4 nitrogen and oxygen atoms in total. The number of hydrogen-bond donors (Lipinski definition) is 0. The van der Waals surface area contributed by atoms with Gasteiger partial charge in [0.2, 0.25) is 0 Å². The molecule has 3 rings (SSSR count). The Morgan fingerprint density at radius 3 is 2.41 bits per heavy atom. The number of carbonyl (C=O) groups is 1. The zero-order valence-corrected chi connectivity index (χ0v) is 13.3. The SMILES string of the molecule is CN1CCC(OCC(=O)Oc2ccc(C3CCC3)cc2)CC1. The monoisotopic (exact) mass is 303 g/mol. The van der Waals surface area contributed by atoms with Gasteiger partial charge in [0.25, 0.3) is 0 Å². The number of benzene rings is 1. The van der Waals surface area contributed by atoms with Crippen LogP contribution in [-0.2, 0) is 9.53 Å². The van der Waals surface area contributed by atoms with Gasteiger partial charge in [-0.25, -0.2) is 4.79 Å². The fraction of sp³-hybridized carbons (Fsp3) is 0.611. The van der Waals surface area contributed by atoms with Crippen LogP contribution in [0.25, 0.3) is 0 Å². The lowest BCUT2D eigenvalue weighted by Gasteiger charge is -2.28. The molecule has 0 radical (unpaired) electrons. The van der Waals surface area contributed by atoms with Gasteiger partial charge in [-0.05, 0) is 56.3 Å². The van der Waals surface area contributed by atoms with Gasteiger partial charge in [0, 0.05) is 13.1 Å². The Bertz CT molecular complexity index is 488. The van der Waals surface area contributed by atoms with Crippen molar-refractivity contribution in [2.24, 2.45) is 0 Å². The van der Waals surface area contributed by atoms with E-state index >= 15 is 0 Å². The first-order valence-electron chi connectivity index (χ1n) is 8.31. The summed E-state index contributed by atoms with van der Waals surface area (Å²) in [6, 6.07) is 7.93. The first-order valence-corrected chi connectivity index (χ1v) is 8.31. The van der Waals surface area contributed by atoms with E-state index in [1.807, 2.05) is 12.1 Å². The number of hydrogen-bond acceptors (Lipinski definition) is 4. The maximum absolute atomic E-state index is 11.8. The molecule has 1 aliphatic carbocycles. The Morgan fingerprint density at radius 1 is 1.14 bits per heavy atom. The summed E-state index contributed by atoms with van der Waals surface area (Å²) in [7, 11) is 2.11. The molecule has 0 unspecified atom stereocenters. The van der Waals surface area contributed by atoms with Gasteiger partial charge in [-0.3, -0.25) is 0 Å². The number of rotatable bonds is 5. The van der Waals surface area contributed by atoms with Crippen molar-refractivity contribution in [3.8, 4) is 5.75 Å². The fourth-order valence-corrected chi connectivity index (χ4v) is 3.05. The molecule has 1 saturated carbocycles. The standard InChI is InChI=1S/C18H25NO3/c1-19-11-9-16(10-12-19)21-13-18(20)22-17-7-5-15(6-8-17)14-3-2-4-14/h5-8,14,16H,2-4,9-13H2,1H3. The number of esters is 1. The van der Waals surface area contributed by atoms with Gasteiger partial charge in [-0.15, -0.1) is 0 Å². The number of carbonyl (C=O) groups excluding carboxylic acids is 1. The van der Waals surface area contributed by atoms with Gasteiger partial charge in [0.1, 0.15) is 12.4 Å². The molecule has 1 heterocycles. The fourth-order valence-electron chi connectivity index (χ4n) is 3.05. The van der Waals surface area contributed by atoms with Crippen LogP contribution in [0.5, 0.6) is 5.75 Å². The molecule has 0 bridgehead atoms. The minimum atomic E-state index is -0.310. The summed E-state index contributed by atoms with van der Waals surface area (Å²) in [6.07, 6.45) is 6.05. The van der Waals surface area contributed by atoms with Crippen LogP contribution in [0.3, 0.4) is 0 Å². The van der Waals surface area contributed by atoms with Crippen molar-refractivity contribution >= 4 is 5.97 Å². The van der Waals surface area contributed by atoms with Crippen molar-refractivity contribution in [3.05, 3.63) is 29.8 Å². The molecule has 1 aromatic rings. The van der Waals surface area contributed by atoms with Gasteiger partial charge >= 0.3 is 5.97 Å². The molecule has 0 spiro atoms. The highest BCUT2D eigenvalue weighted by molar-refractivity contribution is 5.73. The minimum Gasteiger partial charge on any atom is -0.425 e. The molecule has 4 heteroatoms. The number of ether oxygens (including phenoxy) is 2. The molecule has 1 aromatic carbocycles. The second kappa shape index (κ2) is 7.25. The molecule has 22 heavy (non-hydrogen) atoms. The zero-order chi connectivity index (χ0) is 15.4. The van der Waals surface area contributed by atoms with Gasteiger partial charge in [0.15, 0.2) is 0 Å². The van der Waals surface area contributed by atoms with Crippen LogP contribution in [0.15, 0.2) is 24.3 Å². The molecule has 1 aliphatic heterocycles. The van der Waals surface area contributed by atoms with E-state index < -0.39 is 0 Å². The van der Waals surface area contributed by atoms with E-state index in [1.54, 1.807) is 0 Å². The van der Waals surface area contributed by atoms with Gasteiger partial charge in [-0.1, -0.05) is 18.6 Å². The summed E-state index contributed by atoms with van der Waals surface area (Å²) >= 11 is 0. The predicted octanol–water partition coefficient (Wildman–Crippen LogP) is 2.97. The highest BCUT2D eigenvalue weighted by atomic mass is 16.6. The van der Waals surface area contributed by atoms with Crippen LogP contribution in [0.1, 0.15) is 43.6 Å². The first-order chi connectivity index (χ1) is 10.7. The Morgan fingerprint density at radius 2 is 1.82 bits per heavy atom. The lowest BCUT2D eigenvalue weighted by molar-refractivity contribution is -0.142. The molecule has 0 aromatic heterocycles. The van der Waals surface area contributed by atoms with Crippen molar-refractivity contribution in [2.75, 3.05) is 26.7 Å². The lowest BCUT2D eigenvalue weighted by Crippen LogP contribution is -2.35. The van der Waals surface area contributed by atoms with Crippen LogP contribution in [0.2, 0.25) is 0 Å². The summed E-state index contributed by atoms with van der Waals surface area (Å²) in [6.45, 7) is 2.10. The maximum Gasteiger partial charge on any atom is 0.337 e. The van der Waals surface area contributed by atoms with Crippen molar-refractivity contribution in [1.82, 2.24) is 4.90 Å². The number of piperidine rings is 1. The van der Waals surface area contributed by atoms with E-state index in [9.17, 15) is 4.79 Å². The van der Waals surface area contributed by atoms with Crippen LogP contribution < -0.4 is 4.74 Å². The summed E-state index contributed by atoms with van der Waals surface area (Å²) in [4.78, 5) is 14.1. The molecule has 1 saturated heterocycles. The molecule has 0 atom stereocenters.